The van der Waals surface area contributed by atoms with Crippen molar-refractivity contribution in [3.8, 4) is 11.1 Å². The Bertz CT molecular complexity index is 1390. The van der Waals surface area contributed by atoms with Gasteiger partial charge in [-0.1, -0.05) is 68.5 Å². The van der Waals surface area contributed by atoms with Crippen LogP contribution in [0.2, 0.25) is 0 Å². The van der Waals surface area contributed by atoms with Gasteiger partial charge in [0.2, 0.25) is 0 Å². The van der Waals surface area contributed by atoms with E-state index in [0.717, 1.165) is 19.3 Å². The first-order chi connectivity index (χ1) is 18.8. The molecule has 0 N–H and O–H groups in total. The molecule has 0 aliphatic heterocycles. The van der Waals surface area contributed by atoms with Crippen molar-refractivity contribution >= 4 is 3.21 Å². The van der Waals surface area contributed by atoms with Crippen LogP contribution < -0.4 is 24.8 Å². The smallest absolute Gasteiger partial charge is 0.0253 e. The number of hydrogen-bond donors (Lipinski definition) is 0. The molecule has 0 saturated heterocycles. The maximum absolute atomic E-state index is 3.30. The number of aryl methyl sites for hydroxylation is 1. The van der Waals surface area contributed by atoms with Gasteiger partial charge in [0.1, 0.15) is 0 Å². The molecule has 0 bridgehead atoms. The maximum Gasteiger partial charge on any atom is -0.0253 e. The molecule has 5 aromatic carbocycles. The molecular weight excluding hydrogens is 619 g/mol. The van der Waals surface area contributed by atoms with Gasteiger partial charge in [0.15, 0.2) is 0 Å². The second-order valence-electron chi connectivity index (χ2n) is 11.3. The van der Waals surface area contributed by atoms with Crippen LogP contribution in [-0.4, -0.2) is 3.21 Å². The average molecular weight is 657 g/mol. The number of hydrogen-bond acceptors (Lipinski definition) is 0. The second-order valence-corrected chi connectivity index (χ2v) is 13.0. The molecule has 0 saturated carbocycles. The molecule has 0 amide bonds. The summed E-state index contributed by atoms with van der Waals surface area (Å²) in [6, 6.07) is 46.1. The van der Waals surface area contributed by atoms with Gasteiger partial charge in [0.05, 0.1) is 0 Å². The van der Waals surface area contributed by atoms with E-state index in [9.17, 15) is 0 Å². The third kappa shape index (κ3) is 10.7. The summed E-state index contributed by atoms with van der Waals surface area (Å²) >= 11 is 1.55. The first-order valence-corrected chi connectivity index (χ1v) is 15.0. The predicted octanol–water partition coefficient (Wildman–Crippen LogP) is 3.27. The van der Waals surface area contributed by atoms with E-state index in [1.807, 2.05) is 6.07 Å². The first kappa shape index (κ1) is 34.8. The maximum atomic E-state index is 3.30. The van der Waals surface area contributed by atoms with E-state index in [-0.39, 0.29) is 24.8 Å². The standard InChI is InChI=1S/C15H14.C13H9.C10H15.2ClH.Zr/c1-3-8-14(9-4-1)12-7-13-15-10-5-2-6-11-15;1-3-7-12-10(5-1)9-11-6-2-4-8-13(11)12;1-8-5-6-9(7-8)10(2,3)4;;;/h1-6,8-11H,12-13H2;1-5,7-8H,9H2;5-7H,1-4H3;2*1H;/q;2*-1;;;+2/p-2. The molecule has 1 aliphatic rings. The van der Waals surface area contributed by atoms with Crippen LogP contribution in [0, 0.1) is 13.0 Å². The summed E-state index contributed by atoms with van der Waals surface area (Å²) < 4.78 is 1.60. The normalized spacial score (nSPS) is 10.8. The molecule has 5 aromatic rings. The van der Waals surface area contributed by atoms with Gasteiger partial charge in [-0.25, -0.2) is 6.07 Å². The Balaban J connectivity index is 0.000000215. The molecule has 6 rings (SSSR count). The molecule has 0 nitrogen and oxygen atoms in total. The van der Waals surface area contributed by atoms with E-state index >= 15 is 0 Å². The van der Waals surface area contributed by atoms with Crippen LogP contribution in [0.5, 0.6) is 0 Å². The predicted molar refractivity (Wildman–Crippen MR) is 164 cm³/mol. The molecule has 0 radical (unpaired) electrons. The molecule has 0 atom stereocenters. The number of benzene rings is 4. The Morgan fingerprint density at radius 3 is 1.80 bits per heavy atom. The van der Waals surface area contributed by atoms with E-state index in [2.05, 4.69) is 149 Å². The Morgan fingerprint density at radius 2 is 1.29 bits per heavy atom. The van der Waals surface area contributed by atoms with Gasteiger partial charge < -0.3 is 24.8 Å². The van der Waals surface area contributed by atoms with Crippen molar-refractivity contribution in [2.45, 2.75) is 52.4 Å². The Kier molecular flexibility index (Phi) is 14.3. The van der Waals surface area contributed by atoms with Crippen molar-refractivity contribution in [2.24, 2.45) is 0 Å². The molecule has 41 heavy (non-hydrogen) atoms. The number of fused-ring (bicyclic) bond motifs is 3. The fourth-order valence-electron chi connectivity index (χ4n) is 4.77. The van der Waals surface area contributed by atoms with Crippen molar-refractivity contribution in [1.29, 1.82) is 0 Å². The van der Waals surface area contributed by atoms with Gasteiger partial charge >= 0.3 is 112 Å². The van der Waals surface area contributed by atoms with Crippen molar-refractivity contribution in [2.75, 3.05) is 0 Å². The molecule has 0 fully saturated rings. The summed E-state index contributed by atoms with van der Waals surface area (Å²) in [5, 5.41) is 0. The van der Waals surface area contributed by atoms with Crippen LogP contribution >= 0.6 is 0 Å². The van der Waals surface area contributed by atoms with Crippen LogP contribution in [0.3, 0.4) is 0 Å². The monoisotopic (exact) mass is 654 g/mol. The van der Waals surface area contributed by atoms with Crippen LogP contribution in [0.25, 0.3) is 11.1 Å². The quantitative estimate of drug-likeness (QED) is 0.256. The van der Waals surface area contributed by atoms with Crippen LogP contribution in [0.4, 0.5) is 0 Å². The fraction of sp³-hybridized carbons (Fsp3) is 0.211. The molecular formula is C38H38Cl2Zr-2. The summed E-state index contributed by atoms with van der Waals surface area (Å²) in [5.74, 6) is 0. The third-order valence-electron chi connectivity index (χ3n) is 6.91. The zero-order valence-electron chi connectivity index (χ0n) is 24.4. The zero-order chi connectivity index (χ0) is 27.7. The number of halogens is 2. The van der Waals surface area contributed by atoms with Crippen molar-refractivity contribution < 1.29 is 49.0 Å². The summed E-state index contributed by atoms with van der Waals surface area (Å²) in [7, 11) is 0. The van der Waals surface area contributed by atoms with E-state index in [1.165, 1.54) is 44.5 Å². The number of rotatable bonds is 4. The van der Waals surface area contributed by atoms with Gasteiger partial charge in [0.25, 0.3) is 0 Å². The van der Waals surface area contributed by atoms with E-state index in [0.29, 0.717) is 5.41 Å². The van der Waals surface area contributed by atoms with E-state index < -0.39 is 0 Å². The van der Waals surface area contributed by atoms with Gasteiger partial charge in [-0.05, 0) is 6.42 Å². The van der Waals surface area contributed by atoms with Crippen molar-refractivity contribution in [3.05, 3.63) is 161 Å². The van der Waals surface area contributed by atoms with Crippen LogP contribution in [0.15, 0.2) is 121 Å². The van der Waals surface area contributed by atoms with Crippen LogP contribution in [0.1, 0.15) is 54.2 Å². The van der Waals surface area contributed by atoms with Crippen molar-refractivity contribution in [1.82, 2.24) is 0 Å². The molecule has 0 heterocycles. The van der Waals surface area contributed by atoms with Gasteiger partial charge in [-0.15, -0.1) is 5.56 Å². The van der Waals surface area contributed by atoms with Crippen molar-refractivity contribution in [3.63, 3.8) is 0 Å². The van der Waals surface area contributed by atoms with Gasteiger partial charge in [-0.3, -0.25) is 0 Å². The largest absolute Gasteiger partial charge is 0.179 e. The minimum absolute atomic E-state index is 0. The van der Waals surface area contributed by atoms with Crippen LogP contribution in [-0.2, 0) is 48.9 Å². The summed E-state index contributed by atoms with van der Waals surface area (Å²) in [6.45, 7) is 8.85. The summed E-state index contributed by atoms with van der Waals surface area (Å²) in [6.07, 6.45) is 3.29. The molecule has 210 valence electrons. The topological polar surface area (TPSA) is 0 Å². The molecule has 0 aromatic heterocycles. The minimum Gasteiger partial charge on any atom is -0.179 e. The zero-order valence-corrected chi connectivity index (χ0v) is 28.4. The van der Waals surface area contributed by atoms with Gasteiger partial charge in [-0.2, -0.15) is 53.1 Å². The minimum atomic E-state index is 0. The average Bonchev–Trinajstić information content (AvgIpc) is 3.54. The molecule has 0 unspecified atom stereocenters. The Labute approximate surface area is 274 Å². The van der Waals surface area contributed by atoms with E-state index in [4.69, 9.17) is 0 Å². The first-order valence-electron chi connectivity index (χ1n) is 13.8. The Morgan fingerprint density at radius 1 is 0.756 bits per heavy atom. The molecule has 3 heteroatoms. The molecule has 1 aliphatic carbocycles. The fourth-order valence-corrected chi connectivity index (χ4v) is 5.78. The summed E-state index contributed by atoms with van der Waals surface area (Å²) in [5.41, 5.74) is 11.5. The van der Waals surface area contributed by atoms with Gasteiger partial charge in [0, 0.05) is 0 Å². The molecule has 0 spiro atoms. The SMILES string of the molecule is Cc1cc(C(C)(C)C)c[cH-]1.[Cl-].[Cl-].[Zr+2]=[C](Cc1ccccc1)Cc1ccccc1.[c-]1cccc2c1Cc1ccccc1-2. The second kappa shape index (κ2) is 16.9. The third-order valence-corrected chi connectivity index (χ3v) is 7.78. The Hall–Kier alpha value is -2.44. The summed E-state index contributed by atoms with van der Waals surface area (Å²) in [4.78, 5) is 0. The van der Waals surface area contributed by atoms with E-state index in [1.54, 1.807) is 27.4 Å².